The van der Waals surface area contributed by atoms with Crippen LogP contribution in [0.3, 0.4) is 0 Å². The van der Waals surface area contributed by atoms with Crippen LogP contribution in [0.1, 0.15) is 29.9 Å². The van der Waals surface area contributed by atoms with E-state index in [1.54, 1.807) is 0 Å². The Labute approximate surface area is 75.7 Å². The van der Waals surface area contributed by atoms with Crippen molar-refractivity contribution in [3.63, 3.8) is 0 Å². The number of aldehydes is 1. The minimum absolute atomic E-state index is 0.0561. The van der Waals surface area contributed by atoms with E-state index < -0.39 is 0 Å². The molecule has 2 rings (SSSR count). The second-order valence-electron chi connectivity index (χ2n) is 3.10. The molecule has 5 heteroatoms. The molecule has 1 saturated heterocycles. The molecule has 0 spiro atoms. The first-order chi connectivity index (χ1) is 6.40. The predicted octanol–water partition coefficient (Wildman–Crippen LogP) is 0.872. The molecule has 13 heavy (non-hydrogen) atoms. The Hall–Kier alpha value is -1.39. The average Bonchev–Trinajstić information content (AvgIpc) is 2.67. The Morgan fingerprint density at radius 2 is 2.08 bits per heavy atom. The third-order valence-electron chi connectivity index (χ3n) is 2.17. The minimum atomic E-state index is 0.0561. The van der Waals surface area contributed by atoms with Crippen LogP contribution in [0.5, 0.6) is 0 Å². The number of hydrogen-bond donors (Lipinski definition) is 0. The van der Waals surface area contributed by atoms with Gasteiger partial charge in [-0.05, 0) is 24.4 Å². The van der Waals surface area contributed by atoms with Gasteiger partial charge in [0.1, 0.15) is 0 Å². The molecule has 5 nitrogen and oxygen atoms in total. The zero-order valence-electron chi connectivity index (χ0n) is 7.27. The number of rotatable bonds is 2. The number of carbonyl (C=O) groups is 1. The van der Waals surface area contributed by atoms with Crippen LogP contribution in [-0.4, -0.2) is 29.5 Å². The van der Waals surface area contributed by atoms with Crippen molar-refractivity contribution < 1.29 is 9.32 Å². The van der Waals surface area contributed by atoms with E-state index in [9.17, 15) is 4.79 Å². The van der Waals surface area contributed by atoms with Crippen LogP contribution in [0.25, 0.3) is 0 Å². The molecule has 0 unspecified atom stereocenters. The fourth-order valence-electron chi connectivity index (χ4n) is 1.50. The highest BCUT2D eigenvalue weighted by Crippen LogP contribution is 2.15. The molecule has 0 saturated carbocycles. The molecular formula is C8H11N3O2. The molecule has 1 fully saturated rings. The second-order valence-corrected chi connectivity index (χ2v) is 3.10. The number of aromatic nitrogens is 2. The minimum Gasteiger partial charge on any atom is -0.338 e. The number of piperidine rings is 1. The average molecular weight is 181 g/mol. The number of carbonyl (C=O) groups excluding carboxylic acids is 1. The van der Waals surface area contributed by atoms with E-state index in [1.165, 1.54) is 6.42 Å². The molecular weight excluding hydrogens is 170 g/mol. The van der Waals surface area contributed by atoms with Crippen molar-refractivity contribution in [3.8, 4) is 0 Å². The summed E-state index contributed by atoms with van der Waals surface area (Å²) in [7, 11) is 0. The molecule has 1 aromatic rings. The smallest absolute Gasteiger partial charge is 0.292 e. The molecule has 0 amide bonds. The van der Waals surface area contributed by atoms with E-state index in [2.05, 4.69) is 10.1 Å². The Morgan fingerprint density at radius 3 is 2.69 bits per heavy atom. The van der Waals surface area contributed by atoms with E-state index in [-0.39, 0.29) is 5.89 Å². The Balaban J connectivity index is 2.09. The van der Waals surface area contributed by atoms with Crippen LogP contribution >= 0.6 is 0 Å². The molecule has 0 aliphatic carbocycles. The maximum absolute atomic E-state index is 10.3. The monoisotopic (exact) mass is 181 g/mol. The maximum Gasteiger partial charge on any atom is 0.292 e. The first-order valence-corrected chi connectivity index (χ1v) is 4.44. The zero-order valence-corrected chi connectivity index (χ0v) is 7.27. The highest BCUT2D eigenvalue weighted by molar-refractivity contribution is 5.67. The zero-order chi connectivity index (χ0) is 9.10. The number of nitrogens with zero attached hydrogens (tertiary/aromatic N) is 3. The van der Waals surface area contributed by atoms with Crippen molar-refractivity contribution in [1.82, 2.24) is 10.1 Å². The van der Waals surface area contributed by atoms with Gasteiger partial charge < -0.3 is 9.42 Å². The van der Waals surface area contributed by atoms with Crippen molar-refractivity contribution in [2.24, 2.45) is 0 Å². The summed E-state index contributed by atoms with van der Waals surface area (Å²) in [5, 5.41) is 3.72. The van der Waals surface area contributed by atoms with Crippen LogP contribution in [0.2, 0.25) is 0 Å². The van der Waals surface area contributed by atoms with E-state index in [1.807, 2.05) is 4.90 Å². The van der Waals surface area contributed by atoms with Gasteiger partial charge in [-0.25, -0.2) is 0 Å². The van der Waals surface area contributed by atoms with Gasteiger partial charge in [0.2, 0.25) is 6.29 Å². The van der Waals surface area contributed by atoms with Gasteiger partial charge in [-0.2, -0.15) is 4.98 Å². The Kier molecular flexibility index (Phi) is 2.25. The molecule has 0 aromatic carbocycles. The highest BCUT2D eigenvalue weighted by Gasteiger charge is 2.15. The highest BCUT2D eigenvalue weighted by atomic mass is 16.5. The lowest BCUT2D eigenvalue weighted by Gasteiger charge is -2.24. The van der Waals surface area contributed by atoms with Gasteiger partial charge in [-0.3, -0.25) is 4.79 Å². The molecule has 0 bridgehead atoms. The fraction of sp³-hybridized carbons (Fsp3) is 0.625. The van der Waals surface area contributed by atoms with Crippen LogP contribution < -0.4 is 4.90 Å². The molecule has 2 heterocycles. The molecule has 0 atom stereocenters. The van der Waals surface area contributed by atoms with E-state index in [0.29, 0.717) is 12.2 Å². The maximum atomic E-state index is 10.3. The summed E-state index contributed by atoms with van der Waals surface area (Å²) < 4.78 is 4.70. The van der Waals surface area contributed by atoms with Gasteiger partial charge in [0.15, 0.2) is 0 Å². The van der Waals surface area contributed by atoms with Crippen LogP contribution in [0.4, 0.5) is 5.95 Å². The summed E-state index contributed by atoms with van der Waals surface area (Å²) in [5.41, 5.74) is 0. The summed E-state index contributed by atoms with van der Waals surface area (Å²) in [6.07, 6.45) is 4.14. The second kappa shape index (κ2) is 3.55. The van der Waals surface area contributed by atoms with Gasteiger partial charge in [-0.1, -0.05) is 0 Å². The summed E-state index contributed by atoms with van der Waals surface area (Å²) in [6.45, 7) is 1.91. The molecule has 0 radical (unpaired) electrons. The van der Waals surface area contributed by atoms with Crippen LogP contribution in [0.15, 0.2) is 4.52 Å². The van der Waals surface area contributed by atoms with E-state index >= 15 is 0 Å². The van der Waals surface area contributed by atoms with Crippen molar-refractivity contribution in [1.29, 1.82) is 0 Å². The SMILES string of the molecule is O=Cc1nc(N2CCCCC2)no1. The number of anilines is 1. The summed E-state index contributed by atoms with van der Waals surface area (Å²) in [6, 6.07) is 0. The van der Waals surface area contributed by atoms with Crippen LogP contribution in [-0.2, 0) is 0 Å². The lowest BCUT2D eigenvalue weighted by Crippen LogP contribution is -2.30. The first kappa shape index (κ1) is 8.22. The molecule has 1 aromatic heterocycles. The third-order valence-corrected chi connectivity index (χ3v) is 2.17. The Bertz CT molecular complexity index is 291. The van der Waals surface area contributed by atoms with Crippen molar-refractivity contribution >= 4 is 12.2 Å². The summed E-state index contributed by atoms with van der Waals surface area (Å²) >= 11 is 0. The van der Waals surface area contributed by atoms with E-state index in [4.69, 9.17) is 4.52 Å². The predicted molar refractivity (Wildman–Crippen MR) is 45.7 cm³/mol. The largest absolute Gasteiger partial charge is 0.338 e. The van der Waals surface area contributed by atoms with Gasteiger partial charge in [0.05, 0.1) is 0 Å². The quantitative estimate of drug-likeness (QED) is 0.633. The summed E-state index contributed by atoms with van der Waals surface area (Å²) in [4.78, 5) is 16.3. The lowest BCUT2D eigenvalue weighted by molar-refractivity contribution is 0.108. The van der Waals surface area contributed by atoms with Crippen LogP contribution in [0, 0.1) is 0 Å². The molecule has 1 aliphatic rings. The fourth-order valence-corrected chi connectivity index (χ4v) is 1.50. The Morgan fingerprint density at radius 1 is 1.31 bits per heavy atom. The van der Waals surface area contributed by atoms with Gasteiger partial charge in [0.25, 0.3) is 11.8 Å². The standard InChI is InChI=1S/C8H11N3O2/c12-6-7-9-8(10-13-7)11-4-2-1-3-5-11/h6H,1-5H2. The van der Waals surface area contributed by atoms with Crippen molar-refractivity contribution in [2.75, 3.05) is 18.0 Å². The topological polar surface area (TPSA) is 59.2 Å². The summed E-state index contributed by atoms with van der Waals surface area (Å²) in [5.74, 6) is 0.599. The number of hydrogen-bond acceptors (Lipinski definition) is 5. The van der Waals surface area contributed by atoms with E-state index in [0.717, 1.165) is 25.9 Å². The van der Waals surface area contributed by atoms with Gasteiger partial charge >= 0.3 is 0 Å². The first-order valence-electron chi connectivity index (χ1n) is 4.44. The lowest BCUT2D eigenvalue weighted by atomic mass is 10.1. The van der Waals surface area contributed by atoms with Gasteiger partial charge in [0, 0.05) is 13.1 Å². The third kappa shape index (κ3) is 1.68. The molecule has 70 valence electrons. The van der Waals surface area contributed by atoms with Crippen molar-refractivity contribution in [2.45, 2.75) is 19.3 Å². The van der Waals surface area contributed by atoms with Gasteiger partial charge in [-0.15, -0.1) is 0 Å². The molecule has 0 N–H and O–H groups in total. The molecule has 1 aliphatic heterocycles. The normalized spacial score (nSPS) is 17.4. The van der Waals surface area contributed by atoms with Crippen molar-refractivity contribution in [3.05, 3.63) is 5.89 Å².